The first kappa shape index (κ1) is 18.6. The zero-order chi connectivity index (χ0) is 20.2. The zero-order valence-corrected chi connectivity index (χ0v) is 17.6. The van der Waals surface area contributed by atoms with Crippen LogP contribution in [0.2, 0.25) is 0 Å². The van der Waals surface area contributed by atoms with Crippen molar-refractivity contribution in [1.82, 2.24) is 14.7 Å². The molecule has 2 fully saturated rings. The highest BCUT2D eigenvalue weighted by Crippen LogP contribution is 2.49. The van der Waals surface area contributed by atoms with E-state index in [4.69, 9.17) is 0 Å². The van der Waals surface area contributed by atoms with Gasteiger partial charge in [-0.15, -0.1) is 11.3 Å². The Balaban J connectivity index is 1.22. The molecule has 1 saturated heterocycles. The molecular weight excluding hydrogens is 384 g/mol. The maximum Gasteiger partial charge on any atom is 0.270 e. The van der Waals surface area contributed by atoms with Gasteiger partial charge >= 0.3 is 0 Å². The Kier molecular flexibility index (Phi) is 4.40. The monoisotopic (exact) mass is 410 g/mol. The van der Waals surface area contributed by atoms with Crippen LogP contribution in [0.3, 0.4) is 0 Å². The lowest BCUT2D eigenvalue weighted by molar-refractivity contribution is -0.0491. The van der Waals surface area contributed by atoms with E-state index in [9.17, 15) is 9.90 Å². The largest absolute Gasteiger partial charge is 0.393 e. The number of nitrogens with one attached hydrogen (secondary N) is 1. The van der Waals surface area contributed by atoms with E-state index in [1.807, 2.05) is 24.4 Å². The summed E-state index contributed by atoms with van der Waals surface area (Å²) < 4.78 is 1.91. The maximum atomic E-state index is 12.9. The molecule has 2 aliphatic rings. The smallest absolute Gasteiger partial charge is 0.270 e. The Morgan fingerprint density at radius 3 is 2.69 bits per heavy atom. The molecule has 1 saturated carbocycles. The summed E-state index contributed by atoms with van der Waals surface area (Å²) in [5, 5.41) is 12.6. The Labute approximate surface area is 174 Å². The normalized spacial score (nSPS) is 18.1. The highest BCUT2D eigenvalue weighted by Gasteiger charge is 2.51. The van der Waals surface area contributed by atoms with Crippen molar-refractivity contribution in [2.75, 3.05) is 18.0 Å². The van der Waals surface area contributed by atoms with Crippen molar-refractivity contribution in [3.05, 3.63) is 52.3 Å². The molecule has 0 unspecified atom stereocenters. The molecule has 0 radical (unpaired) electrons. The number of aliphatic hydroxyl groups excluding tert-OH is 1. The van der Waals surface area contributed by atoms with Crippen LogP contribution >= 0.6 is 11.3 Å². The van der Waals surface area contributed by atoms with Crippen molar-refractivity contribution in [2.24, 2.45) is 5.41 Å². The van der Waals surface area contributed by atoms with E-state index in [1.54, 1.807) is 11.3 Å². The first-order valence-electron chi connectivity index (χ1n) is 10.2. The van der Waals surface area contributed by atoms with Gasteiger partial charge in [-0.3, -0.25) is 9.20 Å². The molecule has 1 spiro atoms. The molecule has 1 amide bonds. The minimum atomic E-state index is -0.0913. The number of aryl methyl sites for hydroxylation is 2. The number of hydrogen-bond donors (Lipinski definition) is 2. The number of carbonyl (C=O) groups excluding carboxylic acids is 1. The van der Waals surface area contributed by atoms with Crippen LogP contribution in [0.15, 0.2) is 30.5 Å². The van der Waals surface area contributed by atoms with Crippen LogP contribution in [0.25, 0.3) is 4.96 Å². The number of fused-ring (bicyclic) bond motifs is 1. The number of imidazole rings is 1. The van der Waals surface area contributed by atoms with Gasteiger partial charge in [-0.2, -0.15) is 0 Å². The van der Waals surface area contributed by atoms with Gasteiger partial charge in [-0.05, 0) is 43.9 Å². The lowest BCUT2D eigenvalue weighted by Gasteiger charge is -2.58. The molecule has 1 aromatic carbocycles. The molecule has 0 bridgehead atoms. The molecule has 2 N–H and O–H groups in total. The fourth-order valence-electron chi connectivity index (χ4n) is 4.72. The van der Waals surface area contributed by atoms with E-state index in [0.717, 1.165) is 53.4 Å². The number of rotatable bonds is 5. The molecule has 5 rings (SSSR count). The number of aliphatic hydroxyl groups is 1. The van der Waals surface area contributed by atoms with Crippen LogP contribution in [-0.4, -0.2) is 39.6 Å². The first-order valence-corrected chi connectivity index (χ1v) is 11.1. The number of nitrogens with zero attached hydrogens (tertiary/aromatic N) is 3. The molecule has 3 aromatic rings. The second kappa shape index (κ2) is 6.85. The first-order chi connectivity index (χ1) is 14.0. The maximum absolute atomic E-state index is 12.9. The fourth-order valence-corrected chi connectivity index (χ4v) is 5.57. The Morgan fingerprint density at radius 1 is 1.31 bits per heavy atom. The van der Waals surface area contributed by atoms with Crippen molar-refractivity contribution >= 4 is 27.9 Å². The van der Waals surface area contributed by atoms with E-state index >= 15 is 0 Å². The molecule has 3 heterocycles. The number of thiazole rings is 1. The predicted molar refractivity (Wildman–Crippen MR) is 115 cm³/mol. The van der Waals surface area contributed by atoms with Gasteiger partial charge in [0.25, 0.3) is 5.91 Å². The van der Waals surface area contributed by atoms with Crippen LogP contribution in [0.1, 0.15) is 46.4 Å². The fraction of sp³-hybridized carbons (Fsp3) is 0.455. The summed E-state index contributed by atoms with van der Waals surface area (Å²) in [5.74, 6) is -0.0792. The second-order valence-corrected chi connectivity index (χ2v) is 9.74. The Morgan fingerprint density at radius 2 is 2.03 bits per heavy atom. The topological polar surface area (TPSA) is 69.9 Å². The minimum absolute atomic E-state index is 0.0792. The molecule has 29 heavy (non-hydrogen) atoms. The molecule has 2 aromatic heterocycles. The number of aromatic nitrogens is 2. The standard InChI is InChI=1S/C22H26N4O2S/c1-3-18-19(26-11-14(2)29-21(26)24-18)20(28)23-10-15-4-6-16(7-5-15)25-12-22(13-25)8-17(27)9-22/h4-7,11,17,27H,3,8-10,12-13H2,1-2H3,(H,23,28). The van der Waals surface area contributed by atoms with Gasteiger partial charge in [0.2, 0.25) is 0 Å². The van der Waals surface area contributed by atoms with Gasteiger partial charge in [0.15, 0.2) is 4.96 Å². The second-order valence-electron chi connectivity index (χ2n) is 8.52. The van der Waals surface area contributed by atoms with Gasteiger partial charge in [0, 0.05) is 41.8 Å². The van der Waals surface area contributed by atoms with Crippen LogP contribution in [-0.2, 0) is 13.0 Å². The lowest BCUT2D eigenvalue weighted by Crippen LogP contribution is -2.63. The van der Waals surface area contributed by atoms with E-state index in [-0.39, 0.29) is 12.0 Å². The van der Waals surface area contributed by atoms with Crippen LogP contribution in [0.4, 0.5) is 5.69 Å². The van der Waals surface area contributed by atoms with Gasteiger partial charge in [-0.25, -0.2) is 4.98 Å². The van der Waals surface area contributed by atoms with Crippen molar-refractivity contribution < 1.29 is 9.90 Å². The summed E-state index contributed by atoms with van der Waals surface area (Å²) in [5.41, 5.74) is 4.15. The number of amides is 1. The van der Waals surface area contributed by atoms with Crippen molar-refractivity contribution in [1.29, 1.82) is 0 Å². The molecule has 1 aliphatic heterocycles. The predicted octanol–water partition coefficient (Wildman–Crippen LogP) is 3.16. The molecule has 1 aliphatic carbocycles. The molecule has 0 atom stereocenters. The zero-order valence-electron chi connectivity index (χ0n) is 16.8. The van der Waals surface area contributed by atoms with E-state index in [1.165, 1.54) is 5.69 Å². The van der Waals surface area contributed by atoms with Gasteiger partial charge in [0.1, 0.15) is 5.69 Å². The average molecular weight is 411 g/mol. The number of benzene rings is 1. The molecular formula is C22H26N4O2S. The van der Waals surface area contributed by atoms with Crippen molar-refractivity contribution in [3.63, 3.8) is 0 Å². The van der Waals surface area contributed by atoms with Gasteiger partial charge in [0.05, 0.1) is 11.8 Å². The summed E-state index contributed by atoms with van der Waals surface area (Å²) in [4.78, 5) is 21.8. The Hall–Kier alpha value is -2.38. The summed E-state index contributed by atoms with van der Waals surface area (Å²) in [7, 11) is 0. The molecule has 7 heteroatoms. The summed E-state index contributed by atoms with van der Waals surface area (Å²) >= 11 is 1.61. The third-order valence-electron chi connectivity index (χ3n) is 6.21. The van der Waals surface area contributed by atoms with E-state index in [0.29, 0.717) is 17.7 Å². The highest BCUT2D eigenvalue weighted by atomic mass is 32.1. The molecule has 6 nitrogen and oxygen atoms in total. The summed E-state index contributed by atoms with van der Waals surface area (Å²) in [6.07, 6.45) is 4.51. The van der Waals surface area contributed by atoms with Gasteiger partial charge in [-0.1, -0.05) is 19.1 Å². The SMILES string of the molecule is CCc1nc2sc(C)cn2c1C(=O)NCc1ccc(N2CC3(CC(O)C3)C2)cc1. The molecule has 152 valence electrons. The third kappa shape index (κ3) is 3.22. The van der Waals surface area contributed by atoms with Crippen LogP contribution in [0, 0.1) is 12.3 Å². The summed E-state index contributed by atoms with van der Waals surface area (Å²) in [6, 6.07) is 8.41. The average Bonchev–Trinajstić information content (AvgIpc) is 3.17. The number of anilines is 1. The van der Waals surface area contributed by atoms with Crippen molar-refractivity contribution in [2.45, 2.75) is 45.8 Å². The van der Waals surface area contributed by atoms with E-state index in [2.05, 4.69) is 39.5 Å². The van der Waals surface area contributed by atoms with Gasteiger partial charge < -0.3 is 15.3 Å². The van der Waals surface area contributed by atoms with E-state index < -0.39 is 0 Å². The van der Waals surface area contributed by atoms with Crippen LogP contribution in [0.5, 0.6) is 0 Å². The summed E-state index contributed by atoms with van der Waals surface area (Å²) in [6.45, 7) is 6.63. The highest BCUT2D eigenvalue weighted by molar-refractivity contribution is 7.17. The lowest BCUT2D eigenvalue weighted by atomic mass is 9.62. The van der Waals surface area contributed by atoms with Crippen molar-refractivity contribution in [3.8, 4) is 0 Å². The quantitative estimate of drug-likeness (QED) is 0.678. The third-order valence-corrected chi connectivity index (χ3v) is 7.11. The minimum Gasteiger partial charge on any atom is -0.393 e. The Bertz CT molecular complexity index is 1050. The number of carbonyl (C=O) groups is 1. The van der Waals surface area contributed by atoms with Crippen LogP contribution < -0.4 is 10.2 Å². The number of hydrogen-bond acceptors (Lipinski definition) is 5.